The van der Waals surface area contributed by atoms with Crippen LogP contribution in [0.4, 0.5) is 24.5 Å². The molecule has 7 heteroatoms. The summed E-state index contributed by atoms with van der Waals surface area (Å²) in [6.45, 7) is 0.657. The van der Waals surface area contributed by atoms with Crippen LogP contribution in [-0.2, 0) is 0 Å². The van der Waals surface area contributed by atoms with Gasteiger partial charge in [-0.2, -0.15) is 8.78 Å². The minimum absolute atomic E-state index is 0.183. The summed E-state index contributed by atoms with van der Waals surface area (Å²) < 4.78 is 42.9. The maximum atomic E-state index is 13.8. The lowest BCUT2D eigenvalue weighted by Crippen LogP contribution is -2.56. The number of anilines is 2. The molecule has 1 atom stereocenters. The third-order valence-corrected chi connectivity index (χ3v) is 4.61. The SMILES string of the molecule is Fc1cc(OC(F)F)cc(-c2ccc3c(c2)NCC2CNCCN32)c1. The summed E-state index contributed by atoms with van der Waals surface area (Å²) in [5.41, 5.74) is 3.33. The third-order valence-electron chi connectivity index (χ3n) is 4.61. The van der Waals surface area contributed by atoms with Crippen molar-refractivity contribution in [2.75, 3.05) is 36.4 Å². The van der Waals surface area contributed by atoms with Gasteiger partial charge in [0.15, 0.2) is 0 Å². The van der Waals surface area contributed by atoms with Crippen molar-refractivity contribution >= 4 is 11.4 Å². The third kappa shape index (κ3) is 3.24. The molecule has 2 aliphatic heterocycles. The molecule has 132 valence electrons. The van der Waals surface area contributed by atoms with Crippen LogP contribution in [0.5, 0.6) is 5.75 Å². The lowest BCUT2D eigenvalue weighted by molar-refractivity contribution is -0.0499. The summed E-state index contributed by atoms with van der Waals surface area (Å²) in [6, 6.07) is 9.91. The van der Waals surface area contributed by atoms with Gasteiger partial charge in [-0.05, 0) is 35.4 Å². The molecule has 2 N–H and O–H groups in total. The van der Waals surface area contributed by atoms with E-state index in [2.05, 4.69) is 20.3 Å². The number of rotatable bonds is 3. The standard InChI is InChI=1S/C18H18F3N3O/c19-13-5-12(6-15(8-13)25-18(20)21)11-1-2-17-16(7-11)23-10-14-9-22-3-4-24(14)17/h1-2,5-8,14,18,22-23H,3-4,9-10H2. The molecule has 25 heavy (non-hydrogen) atoms. The fraction of sp³-hybridized carbons (Fsp3) is 0.333. The topological polar surface area (TPSA) is 36.5 Å². The summed E-state index contributed by atoms with van der Waals surface area (Å²) >= 11 is 0. The Balaban J connectivity index is 1.67. The molecule has 0 radical (unpaired) electrons. The normalized spacial score (nSPS) is 19.2. The fourth-order valence-electron chi connectivity index (χ4n) is 3.50. The molecule has 1 saturated heterocycles. The molecule has 0 spiro atoms. The number of halogens is 3. The van der Waals surface area contributed by atoms with Gasteiger partial charge in [0, 0.05) is 32.2 Å². The molecule has 0 amide bonds. The number of nitrogens with zero attached hydrogens (tertiary/aromatic N) is 1. The lowest BCUT2D eigenvalue weighted by Gasteiger charge is -2.42. The minimum Gasteiger partial charge on any atom is -0.435 e. The monoisotopic (exact) mass is 349 g/mol. The first-order valence-corrected chi connectivity index (χ1v) is 8.21. The van der Waals surface area contributed by atoms with Gasteiger partial charge in [-0.1, -0.05) is 6.07 Å². The van der Waals surface area contributed by atoms with Crippen molar-refractivity contribution in [3.8, 4) is 16.9 Å². The van der Waals surface area contributed by atoms with Crippen molar-refractivity contribution in [2.24, 2.45) is 0 Å². The van der Waals surface area contributed by atoms with Gasteiger partial charge in [0.1, 0.15) is 11.6 Å². The van der Waals surface area contributed by atoms with Crippen molar-refractivity contribution in [1.82, 2.24) is 5.32 Å². The van der Waals surface area contributed by atoms with Crippen LogP contribution < -0.4 is 20.3 Å². The van der Waals surface area contributed by atoms with Crippen molar-refractivity contribution in [1.29, 1.82) is 0 Å². The molecule has 0 aliphatic carbocycles. The number of hydrogen-bond acceptors (Lipinski definition) is 4. The van der Waals surface area contributed by atoms with Crippen molar-refractivity contribution < 1.29 is 17.9 Å². The van der Waals surface area contributed by atoms with Gasteiger partial charge in [0.25, 0.3) is 0 Å². The van der Waals surface area contributed by atoms with E-state index in [-0.39, 0.29) is 5.75 Å². The Morgan fingerprint density at radius 3 is 2.80 bits per heavy atom. The van der Waals surface area contributed by atoms with Crippen molar-refractivity contribution in [3.05, 3.63) is 42.2 Å². The van der Waals surface area contributed by atoms with Gasteiger partial charge in [-0.3, -0.25) is 0 Å². The van der Waals surface area contributed by atoms with E-state index >= 15 is 0 Å². The zero-order valence-electron chi connectivity index (χ0n) is 13.4. The Bertz CT molecular complexity index is 784. The molecule has 2 aromatic carbocycles. The largest absolute Gasteiger partial charge is 0.435 e. The first kappa shape index (κ1) is 16.1. The van der Waals surface area contributed by atoms with E-state index in [1.807, 2.05) is 18.2 Å². The average molecular weight is 349 g/mol. The Hall–Kier alpha value is -2.41. The second kappa shape index (κ2) is 6.48. The molecule has 2 aliphatic rings. The summed E-state index contributed by atoms with van der Waals surface area (Å²) in [6.07, 6.45) is 0. The van der Waals surface area contributed by atoms with E-state index in [4.69, 9.17) is 0 Å². The predicted octanol–water partition coefficient (Wildman–Crippen LogP) is 3.30. The number of benzene rings is 2. The molecule has 4 nitrogen and oxygen atoms in total. The highest BCUT2D eigenvalue weighted by atomic mass is 19.3. The van der Waals surface area contributed by atoms with Gasteiger partial charge in [-0.25, -0.2) is 4.39 Å². The highest BCUT2D eigenvalue weighted by Crippen LogP contribution is 2.36. The van der Waals surface area contributed by atoms with E-state index < -0.39 is 12.4 Å². The van der Waals surface area contributed by atoms with Crippen LogP contribution in [0.25, 0.3) is 11.1 Å². The number of fused-ring (bicyclic) bond motifs is 3. The van der Waals surface area contributed by atoms with E-state index in [1.54, 1.807) is 0 Å². The zero-order valence-corrected chi connectivity index (χ0v) is 13.4. The smallest absolute Gasteiger partial charge is 0.387 e. The van der Waals surface area contributed by atoms with Gasteiger partial charge in [0.2, 0.25) is 0 Å². The van der Waals surface area contributed by atoms with Crippen molar-refractivity contribution in [3.63, 3.8) is 0 Å². The van der Waals surface area contributed by atoms with Crippen LogP contribution in [0.15, 0.2) is 36.4 Å². The number of nitrogens with one attached hydrogen (secondary N) is 2. The summed E-state index contributed by atoms with van der Waals surface area (Å²) in [7, 11) is 0. The molecule has 2 aromatic rings. The first-order chi connectivity index (χ1) is 12.1. The first-order valence-electron chi connectivity index (χ1n) is 8.21. The van der Waals surface area contributed by atoms with Gasteiger partial charge >= 0.3 is 6.61 Å². The maximum absolute atomic E-state index is 13.8. The second-order valence-corrected chi connectivity index (χ2v) is 6.22. The zero-order chi connectivity index (χ0) is 17.4. The van der Waals surface area contributed by atoms with E-state index in [0.29, 0.717) is 11.6 Å². The van der Waals surface area contributed by atoms with Gasteiger partial charge < -0.3 is 20.3 Å². The molecule has 1 fully saturated rings. The van der Waals surface area contributed by atoms with Crippen molar-refractivity contribution in [2.45, 2.75) is 12.7 Å². The lowest BCUT2D eigenvalue weighted by atomic mass is 10.0. The fourth-order valence-corrected chi connectivity index (χ4v) is 3.50. The summed E-state index contributed by atoms with van der Waals surface area (Å²) in [5, 5.41) is 6.79. The number of alkyl halides is 2. The van der Waals surface area contributed by atoms with E-state index in [9.17, 15) is 13.2 Å². The number of piperazine rings is 1. The molecule has 0 bridgehead atoms. The van der Waals surface area contributed by atoms with E-state index in [0.717, 1.165) is 49.2 Å². The second-order valence-electron chi connectivity index (χ2n) is 6.22. The molecule has 0 saturated carbocycles. The van der Waals surface area contributed by atoms with Crippen LogP contribution in [0.2, 0.25) is 0 Å². The molecular weight excluding hydrogens is 331 g/mol. The average Bonchev–Trinajstić information content (AvgIpc) is 2.60. The molecule has 0 aromatic heterocycles. The molecule has 1 unspecified atom stereocenters. The summed E-state index contributed by atoms with van der Waals surface area (Å²) in [4.78, 5) is 2.36. The predicted molar refractivity (Wildman–Crippen MR) is 91.0 cm³/mol. The Morgan fingerprint density at radius 1 is 1.08 bits per heavy atom. The van der Waals surface area contributed by atoms with Crippen LogP contribution in [-0.4, -0.2) is 38.8 Å². The maximum Gasteiger partial charge on any atom is 0.387 e. The molecule has 4 rings (SSSR count). The Morgan fingerprint density at radius 2 is 1.96 bits per heavy atom. The minimum atomic E-state index is -2.98. The van der Waals surface area contributed by atoms with Crippen LogP contribution in [0.1, 0.15) is 0 Å². The number of hydrogen-bond donors (Lipinski definition) is 2. The molecule has 2 heterocycles. The summed E-state index contributed by atoms with van der Waals surface area (Å²) in [5.74, 6) is -0.793. The quantitative estimate of drug-likeness (QED) is 0.892. The Labute approximate surface area is 143 Å². The van der Waals surface area contributed by atoms with E-state index in [1.165, 1.54) is 12.1 Å². The Kier molecular flexibility index (Phi) is 4.17. The van der Waals surface area contributed by atoms with Gasteiger partial charge in [0.05, 0.1) is 17.4 Å². The highest BCUT2D eigenvalue weighted by Gasteiger charge is 2.28. The van der Waals surface area contributed by atoms with Gasteiger partial charge in [-0.15, -0.1) is 0 Å². The highest BCUT2D eigenvalue weighted by molar-refractivity contribution is 5.80. The number of ether oxygens (including phenoxy) is 1. The van der Waals surface area contributed by atoms with Crippen LogP contribution >= 0.6 is 0 Å². The van der Waals surface area contributed by atoms with Crippen LogP contribution in [0.3, 0.4) is 0 Å². The van der Waals surface area contributed by atoms with Crippen LogP contribution in [0, 0.1) is 5.82 Å². The molecular formula is C18H18F3N3O.